The van der Waals surface area contributed by atoms with Crippen LogP contribution in [-0.4, -0.2) is 48.1 Å². The lowest BCUT2D eigenvalue weighted by molar-refractivity contribution is -0.148. The average Bonchev–Trinajstić information content (AvgIpc) is 2.37. The second-order valence-electron chi connectivity index (χ2n) is 6.67. The summed E-state index contributed by atoms with van der Waals surface area (Å²) in [5, 5.41) is 18.1. The van der Waals surface area contributed by atoms with E-state index in [0.29, 0.717) is 0 Å². The average molecular weight is 353 g/mol. The number of carboxylic acids is 2. The molecular formula is C14H28NO7P. The molecule has 0 aromatic heterocycles. The number of hydrogen-bond donors (Lipinski definition) is 3. The molecule has 0 aliphatic heterocycles. The molecular weight excluding hydrogens is 325 g/mol. The predicted octanol–water partition coefficient (Wildman–Crippen LogP) is 2.17. The molecule has 136 valence electrons. The minimum absolute atomic E-state index is 0.00595. The van der Waals surface area contributed by atoms with Crippen molar-refractivity contribution in [1.82, 2.24) is 0 Å². The van der Waals surface area contributed by atoms with Crippen LogP contribution in [0, 0.1) is 10.8 Å². The van der Waals surface area contributed by atoms with Gasteiger partial charge in [0.05, 0.1) is 30.2 Å². The van der Waals surface area contributed by atoms with Gasteiger partial charge in [-0.1, -0.05) is 0 Å². The maximum Gasteiger partial charge on any atom is 0.331 e. The molecule has 0 atom stereocenters. The van der Waals surface area contributed by atoms with E-state index in [9.17, 15) is 14.2 Å². The summed E-state index contributed by atoms with van der Waals surface area (Å²) in [6, 6.07) is 0. The molecule has 8 nitrogen and oxygen atoms in total. The monoisotopic (exact) mass is 353 g/mol. The van der Waals surface area contributed by atoms with Crippen LogP contribution in [0.4, 0.5) is 0 Å². The summed E-state index contributed by atoms with van der Waals surface area (Å²) in [6.45, 7) is 6.18. The molecule has 23 heavy (non-hydrogen) atoms. The van der Waals surface area contributed by atoms with Gasteiger partial charge in [0, 0.05) is 6.54 Å². The third-order valence-corrected chi connectivity index (χ3v) is 5.55. The van der Waals surface area contributed by atoms with Gasteiger partial charge in [-0.3, -0.25) is 14.2 Å². The second-order valence-corrected chi connectivity index (χ2v) is 8.85. The fourth-order valence-electron chi connectivity index (χ4n) is 1.42. The Labute approximate surface area is 136 Å². The highest BCUT2D eigenvalue weighted by Crippen LogP contribution is 2.48. The third kappa shape index (κ3) is 7.92. The summed E-state index contributed by atoms with van der Waals surface area (Å²) >= 11 is 0. The van der Waals surface area contributed by atoms with Crippen LogP contribution in [0.1, 0.15) is 40.5 Å². The van der Waals surface area contributed by atoms with E-state index in [-0.39, 0.29) is 38.8 Å². The standard InChI is InChI=1S/C14H28NO7P/c1-13(2,11(16)17)5-8-21-23(20,10-7-15)22-9-6-14(3,4)12(18)19/h5-10,15H2,1-4H3,(H,16,17)(H,18,19). The van der Waals surface area contributed by atoms with E-state index >= 15 is 0 Å². The van der Waals surface area contributed by atoms with Gasteiger partial charge in [-0.15, -0.1) is 0 Å². The molecule has 0 rings (SSSR count). The Morgan fingerprint density at radius 2 is 1.30 bits per heavy atom. The van der Waals surface area contributed by atoms with Crippen LogP contribution in [0.15, 0.2) is 0 Å². The minimum atomic E-state index is -3.46. The quantitative estimate of drug-likeness (QED) is 0.454. The van der Waals surface area contributed by atoms with E-state index in [0.717, 1.165) is 0 Å². The smallest absolute Gasteiger partial charge is 0.331 e. The summed E-state index contributed by atoms with van der Waals surface area (Å²) in [4.78, 5) is 22.0. The number of carbonyl (C=O) groups is 2. The first-order valence-electron chi connectivity index (χ1n) is 7.41. The van der Waals surface area contributed by atoms with Crippen LogP contribution in [0.5, 0.6) is 0 Å². The molecule has 0 saturated carbocycles. The van der Waals surface area contributed by atoms with Gasteiger partial charge in [0.2, 0.25) is 0 Å². The zero-order valence-electron chi connectivity index (χ0n) is 14.2. The Morgan fingerprint density at radius 3 is 1.57 bits per heavy atom. The maximum atomic E-state index is 12.5. The lowest BCUT2D eigenvalue weighted by Crippen LogP contribution is -2.26. The lowest BCUT2D eigenvalue weighted by Gasteiger charge is -2.24. The van der Waals surface area contributed by atoms with Crippen molar-refractivity contribution >= 4 is 19.5 Å². The van der Waals surface area contributed by atoms with E-state index < -0.39 is 30.4 Å². The van der Waals surface area contributed by atoms with Crippen LogP contribution in [0.3, 0.4) is 0 Å². The SMILES string of the molecule is CC(C)(CCOP(=O)(CCN)OCCC(C)(C)C(=O)O)C(=O)O. The van der Waals surface area contributed by atoms with Crippen molar-refractivity contribution in [2.24, 2.45) is 16.6 Å². The molecule has 0 aliphatic rings. The van der Waals surface area contributed by atoms with Gasteiger partial charge < -0.3 is 25.0 Å². The molecule has 0 fully saturated rings. The highest BCUT2D eigenvalue weighted by atomic mass is 31.2. The number of aliphatic carboxylic acids is 2. The van der Waals surface area contributed by atoms with Gasteiger partial charge in [0.1, 0.15) is 0 Å². The molecule has 4 N–H and O–H groups in total. The molecule has 0 amide bonds. The van der Waals surface area contributed by atoms with Crippen LogP contribution in [0.2, 0.25) is 0 Å². The van der Waals surface area contributed by atoms with Crippen molar-refractivity contribution in [2.45, 2.75) is 40.5 Å². The zero-order valence-corrected chi connectivity index (χ0v) is 15.1. The summed E-state index contributed by atoms with van der Waals surface area (Å²) in [7, 11) is -3.46. The molecule has 0 heterocycles. The van der Waals surface area contributed by atoms with Crippen LogP contribution < -0.4 is 5.73 Å². The molecule has 0 spiro atoms. The molecule has 0 unspecified atom stereocenters. The van der Waals surface area contributed by atoms with E-state index in [1.165, 1.54) is 0 Å². The minimum Gasteiger partial charge on any atom is -0.481 e. The fourth-order valence-corrected chi connectivity index (χ4v) is 2.81. The summed E-state index contributed by atoms with van der Waals surface area (Å²) in [5.41, 5.74) is 3.40. The van der Waals surface area contributed by atoms with Crippen molar-refractivity contribution < 1.29 is 33.4 Å². The van der Waals surface area contributed by atoms with Gasteiger partial charge in [-0.2, -0.15) is 0 Å². The first kappa shape index (κ1) is 22.1. The predicted molar refractivity (Wildman–Crippen MR) is 85.5 cm³/mol. The molecule has 0 aromatic rings. The van der Waals surface area contributed by atoms with Gasteiger partial charge in [-0.05, 0) is 40.5 Å². The van der Waals surface area contributed by atoms with Gasteiger partial charge >= 0.3 is 19.5 Å². The van der Waals surface area contributed by atoms with Gasteiger partial charge in [0.15, 0.2) is 0 Å². The van der Waals surface area contributed by atoms with E-state index in [1.54, 1.807) is 27.7 Å². The van der Waals surface area contributed by atoms with Crippen LogP contribution in [-0.2, 0) is 23.2 Å². The van der Waals surface area contributed by atoms with Crippen molar-refractivity contribution in [1.29, 1.82) is 0 Å². The van der Waals surface area contributed by atoms with Crippen molar-refractivity contribution in [3.8, 4) is 0 Å². The Kier molecular flexibility index (Phi) is 8.41. The first-order valence-corrected chi connectivity index (χ1v) is 9.14. The molecule has 9 heteroatoms. The Bertz CT molecular complexity index is 426. The van der Waals surface area contributed by atoms with Crippen molar-refractivity contribution in [3.05, 3.63) is 0 Å². The largest absolute Gasteiger partial charge is 0.481 e. The van der Waals surface area contributed by atoms with Crippen LogP contribution >= 0.6 is 7.60 Å². The lowest BCUT2D eigenvalue weighted by atomic mass is 9.90. The second kappa shape index (κ2) is 8.78. The number of carboxylic acid groups (broad SMARTS) is 2. The third-order valence-electron chi connectivity index (χ3n) is 3.59. The van der Waals surface area contributed by atoms with Gasteiger partial charge in [-0.25, -0.2) is 0 Å². The van der Waals surface area contributed by atoms with E-state index in [2.05, 4.69) is 0 Å². The highest BCUT2D eigenvalue weighted by Gasteiger charge is 2.32. The Morgan fingerprint density at radius 1 is 0.957 bits per heavy atom. The van der Waals surface area contributed by atoms with E-state index in [4.69, 9.17) is 25.0 Å². The van der Waals surface area contributed by atoms with Crippen molar-refractivity contribution in [2.75, 3.05) is 25.9 Å². The number of nitrogens with two attached hydrogens (primary N) is 1. The van der Waals surface area contributed by atoms with Crippen LogP contribution in [0.25, 0.3) is 0 Å². The summed E-state index contributed by atoms with van der Waals surface area (Å²) < 4.78 is 23.1. The topological polar surface area (TPSA) is 136 Å². The van der Waals surface area contributed by atoms with Crippen molar-refractivity contribution in [3.63, 3.8) is 0 Å². The zero-order chi connectivity index (χ0) is 18.3. The maximum absolute atomic E-state index is 12.5. The highest BCUT2D eigenvalue weighted by molar-refractivity contribution is 7.53. The summed E-state index contributed by atoms with van der Waals surface area (Å²) in [6.07, 6.45) is 0.329. The number of rotatable bonds is 12. The summed E-state index contributed by atoms with van der Waals surface area (Å²) in [5.74, 6) is -1.95. The Hall–Kier alpha value is -0.950. The normalized spacial score (nSPS) is 13.1. The molecule has 0 radical (unpaired) electrons. The molecule has 0 bridgehead atoms. The Balaban J connectivity index is 4.54. The fraction of sp³-hybridized carbons (Fsp3) is 0.857. The molecule has 0 saturated heterocycles. The van der Waals surface area contributed by atoms with Gasteiger partial charge in [0.25, 0.3) is 0 Å². The molecule has 0 aliphatic carbocycles. The van der Waals surface area contributed by atoms with E-state index in [1.807, 2.05) is 0 Å². The first-order chi connectivity index (χ1) is 10.4. The molecule has 0 aromatic carbocycles. The number of hydrogen-bond acceptors (Lipinski definition) is 6.